The van der Waals surface area contributed by atoms with Crippen LogP contribution in [-0.2, 0) is 23.8 Å². The fourth-order valence-corrected chi connectivity index (χ4v) is 0.422. The molecule has 0 bridgehead atoms. The van der Waals surface area contributed by atoms with Gasteiger partial charge >= 0.3 is 11.9 Å². The average Bonchev–Trinajstić information content (AvgIpc) is 1.87. The third kappa shape index (κ3) is 5.50. The fraction of sp³-hybridized carbons (Fsp3) is 0.667. The molecular weight excluding hydrogens is 152 g/mol. The number of rotatable bonds is 4. The molecule has 0 amide bonds. The first-order chi connectivity index (χ1) is 5.20. The van der Waals surface area contributed by atoms with Gasteiger partial charge in [0.1, 0.15) is 13.2 Å². The summed E-state index contributed by atoms with van der Waals surface area (Å²) in [6, 6.07) is 0. The largest absolute Gasteiger partial charge is 0.390 e. The summed E-state index contributed by atoms with van der Waals surface area (Å²) < 4.78 is 13.0. The minimum Gasteiger partial charge on any atom is -0.390 e. The molecule has 0 aliphatic carbocycles. The average molecular weight is 162 g/mol. The Bertz CT molecular complexity index is 126. The van der Waals surface area contributed by atoms with Crippen molar-refractivity contribution in [3.8, 4) is 0 Å². The van der Waals surface area contributed by atoms with E-state index in [9.17, 15) is 9.59 Å². The molecule has 0 saturated heterocycles. The number of methoxy groups -OCH3 is 2. The van der Waals surface area contributed by atoms with Gasteiger partial charge in [-0.3, -0.25) is 0 Å². The van der Waals surface area contributed by atoms with Crippen LogP contribution in [0.25, 0.3) is 0 Å². The van der Waals surface area contributed by atoms with Gasteiger partial charge in [-0.25, -0.2) is 9.59 Å². The van der Waals surface area contributed by atoms with Gasteiger partial charge in [0.15, 0.2) is 0 Å². The molecule has 0 aliphatic heterocycles. The molecule has 64 valence electrons. The number of hydrogen-bond donors (Lipinski definition) is 0. The maximum Gasteiger partial charge on any atom is 0.339 e. The Morgan fingerprint density at radius 1 is 1.00 bits per heavy atom. The first kappa shape index (κ1) is 10.1. The molecule has 0 aromatic rings. The normalized spacial score (nSPS) is 9.27. The maximum absolute atomic E-state index is 10.5. The summed E-state index contributed by atoms with van der Waals surface area (Å²) in [4.78, 5) is 21.0. The van der Waals surface area contributed by atoms with Crippen LogP contribution in [-0.4, -0.2) is 39.4 Å². The zero-order chi connectivity index (χ0) is 8.69. The number of carbonyl (C=O) groups excluding carboxylic acids is 2. The third-order valence-electron chi connectivity index (χ3n) is 0.752. The molecule has 5 heteroatoms. The van der Waals surface area contributed by atoms with Crippen LogP contribution in [0.5, 0.6) is 0 Å². The summed E-state index contributed by atoms with van der Waals surface area (Å²) >= 11 is 0. The van der Waals surface area contributed by atoms with Crippen molar-refractivity contribution in [2.45, 2.75) is 0 Å². The van der Waals surface area contributed by atoms with Crippen LogP contribution < -0.4 is 0 Å². The first-order valence-electron chi connectivity index (χ1n) is 2.92. The maximum atomic E-state index is 10.5. The van der Waals surface area contributed by atoms with Crippen molar-refractivity contribution in [1.29, 1.82) is 0 Å². The fourth-order valence-electron chi connectivity index (χ4n) is 0.422. The van der Waals surface area contributed by atoms with Gasteiger partial charge in [0.25, 0.3) is 0 Å². The van der Waals surface area contributed by atoms with Crippen LogP contribution in [0.1, 0.15) is 0 Å². The Kier molecular flexibility index (Phi) is 5.32. The van der Waals surface area contributed by atoms with Crippen LogP contribution in [0.15, 0.2) is 0 Å². The molecule has 0 spiro atoms. The van der Waals surface area contributed by atoms with E-state index in [-0.39, 0.29) is 13.2 Å². The van der Waals surface area contributed by atoms with Gasteiger partial charge in [-0.05, 0) is 0 Å². The molecule has 0 aromatic carbocycles. The summed E-state index contributed by atoms with van der Waals surface area (Å²) in [6.45, 7) is -0.453. The Balaban J connectivity index is 3.49. The topological polar surface area (TPSA) is 61.8 Å². The van der Waals surface area contributed by atoms with E-state index in [1.165, 1.54) is 14.2 Å². The van der Waals surface area contributed by atoms with E-state index in [2.05, 4.69) is 14.2 Å². The van der Waals surface area contributed by atoms with Gasteiger partial charge in [-0.15, -0.1) is 0 Å². The summed E-state index contributed by atoms with van der Waals surface area (Å²) in [7, 11) is 2.67. The Hall–Kier alpha value is -0.940. The summed E-state index contributed by atoms with van der Waals surface area (Å²) in [5.74, 6) is -1.43. The molecule has 0 aliphatic rings. The van der Waals surface area contributed by atoms with Crippen LogP contribution >= 0.6 is 0 Å². The molecule has 11 heavy (non-hydrogen) atoms. The smallest absolute Gasteiger partial charge is 0.339 e. The number of carbonyl (C=O) groups is 2. The molecule has 0 saturated carbocycles. The lowest BCUT2D eigenvalue weighted by Gasteiger charge is -1.99. The van der Waals surface area contributed by atoms with Crippen LogP contribution in [0.4, 0.5) is 0 Å². The summed E-state index contributed by atoms with van der Waals surface area (Å²) in [5, 5.41) is 0. The van der Waals surface area contributed by atoms with Gasteiger partial charge < -0.3 is 14.2 Å². The van der Waals surface area contributed by atoms with Gasteiger partial charge in [-0.2, -0.15) is 0 Å². The van der Waals surface area contributed by atoms with E-state index >= 15 is 0 Å². The van der Waals surface area contributed by atoms with Crippen molar-refractivity contribution in [3.63, 3.8) is 0 Å². The van der Waals surface area contributed by atoms with Gasteiger partial charge in [0.05, 0.1) is 0 Å². The lowest BCUT2D eigenvalue weighted by atomic mass is 10.7. The van der Waals surface area contributed by atoms with Gasteiger partial charge in [0, 0.05) is 14.2 Å². The quantitative estimate of drug-likeness (QED) is 0.406. The van der Waals surface area contributed by atoms with Crippen LogP contribution in [0.3, 0.4) is 0 Å². The molecule has 0 N–H and O–H groups in total. The minimum atomic E-state index is -0.713. The molecular formula is C6H10O5. The summed E-state index contributed by atoms with van der Waals surface area (Å²) in [6.07, 6.45) is 0. The highest BCUT2D eigenvalue weighted by Gasteiger charge is 2.08. The van der Waals surface area contributed by atoms with Gasteiger partial charge in [-0.1, -0.05) is 0 Å². The van der Waals surface area contributed by atoms with Crippen LogP contribution in [0.2, 0.25) is 0 Å². The molecule has 0 radical (unpaired) electrons. The van der Waals surface area contributed by atoms with Crippen molar-refractivity contribution in [2.24, 2.45) is 0 Å². The highest BCUT2D eigenvalue weighted by molar-refractivity contribution is 5.86. The van der Waals surface area contributed by atoms with Crippen molar-refractivity contribution in [3.05, 3.63) is 0 Å². The lowest BCUT2D eigenvalue weighted by molar-refractivity contribution is -0.164. The molecule has 0 aromatic heterocycles. The molecule has 0 atom stereocenters. The van der Waals surface area contributed by atoms with Crippen molar-refractivity contribution < 1.29 is 23.8 Å². The molecule has 0 rings (SSSR count). The molecule has 5 nitrogen and oxygen atoms in total. The predicted molar refractivity (Wildman–Crippen MR) is 34.9 cm³/mol. The second kappa shape index (κ2) is 5.82. The highest BCUT2D eigenvalue weighted by Crippen LogP contribution is 1.82. The second-order valence-electron chi connectivity index (χ2n) is 1.71. The van der Waals surface area contributed by atoms with Crippen molar-refractivity contribution in [2.75, 3.05) is 27.4 Å². The Labute approximate surface area is 64.2 Å². The van der Waals surface area contributed by atoms with E-state index in [4.69, 9.17) is 0 Å². The lowest BCUT2D eigenvalue weighted by Crippen LogP contribution is -2.19. The zero-order valence-electron chi connectivity index (χ0n) is 6.46. The molecule has 0 fully saturated rings. The molecule has 0 unspecified atom stereocenters. The van der Waals surface area contributed by atoms with Crippen molar-refractivity contribution >= 4 is 11.9 Å². The minimum absolute atomic E-state index is 0.227. The standard InChI is InChI=1S/C6H10O5/c1-9-3-5(7)11-6(8)4-10-2/h3-4H2,1-2H3. The second-order valence-corrected chi connectivity index (χ2v) is 1.71. The highest BCUT2D eigenvalue weighted by atomic mass is 16.6. The van der Waals surface area contributed by atoms with E-state index in [1.807, 2.05) is 0 Å². The van der Waals surface area contributed by atoms with Crippen LogP contribution in [0, 0.1) is 0 Å². The van der Waals surface area contributed by atoms with Crippen molar-refractivity contribution in [1.82, 2.24) is 0 Å². The predicted octanol–water partition coefficient (Wildman–Crippen LogP) is -0.651. The third-order valence-corrected chi connectivity index (χ3v) is 0.752. The number of hydrogen-bond acceptors (Lipinski definition) is 5. The monoisotopic (exact) mass is 162 g/mol. The van der Waals surface area contributed by atoms with E-state index in [1.54, 1.807) is 0 Å². The zero-order valence-corrected chi connectivity index (χ0v) is 6.46. The number of ether oxygens (including phenoxy) is 3. The SMILES string of the molecule is COCC(=O)OC(=O)COC. The number of esters is 2. The van der Waals surface area contributed by atoms with Gasteiger partial charge in [0.2, 0.25) is 0 Å². The van der Waals surface area contributed by atoms with E-state index in [0.29, 0.717) is 0 Å². The summed E-state index contributed by atoms with van der Waals surface area (Å²) in [5.41, 5.74) is 0. The Morgan fingerprint density at radius 3 is 1.64 bits per heavy atom. The van der Waals surface area contributed by atoms with E-state index < -0.39 is 11.9 Å². The first-order valence-corrected chi connectivity index (χ1v) is 2.92. The van der Waals surface area contributed by atoms with E-state index in [0.717, 1.165) is 0 Å². The Morgan fingerprint density at radius 2 is 1.36 bits per heavy atom. The molecule has 0 heterocycles.